The number of nitrogens with zero attached hydrogens (tertiary/aromatic N) is 1. The van der Waals surface area contributed by atoms with Gasteiger partial charge in [0, 0.05) is 28.8 Å². The number of para-hydroxylation sites is 2. The average molecular weight is 674 g/mol. The van der Waals surface area contributed by atoms with E-state index in [4.69, 9.17) is 4.74 Å². The molecule has 2 heteroatoms. The van der Waals surface area contributed by atoms with Crippen molar-refractivity contribution in [2.45, 2.75) is 57.0 Å². The SMILES string of the molecule is C1=CC(N(c2ccc(-c3ccc4ccccc4c3)cc2)c2ccccc2-c2cccc3c2C(C2CCCCC2)CC=C3)=C2c3ccccc3OC2C1. The summed E-state index contributed by atoms with van der Waals surface area (Å²) in [6.45, 7) is 0. The minimum atomic E-state index is -0.00533. The van der Waals surface area contributed by atoms with Crippen LogP contribution in [-0.2, 0) is 0 Å². The van der Waals surface area contributed by atoms with Crippen LogP contribution in [0.15, 0.2) is 157 Å². The fourth-order valence-corrected chi connectivity index (χ4v) is 9.51. The van der Waals surface area contributed by atoms with Gasteiger partial charge in [-0.15, -0.1) is 0 Å². The maximum atomic E-state index is 6.60. The molecule has 6 aromatic rings. The molecule has 2 atom stereocenters. The monoisotopic (exact) mass is 673 g/mol. The molecule has 0 N–H and O–H groups in total. The highest BCUT2D eigenvalue weighted by molar-refractivity contribution is 5.94. The summed E-state index contributed by atoms with van der Waals surface area (Å²) >= 11 is 0. The Kier molecular flexibility index (Phi) is 7.90. The number of fused-ring (bicyclic) bond motifs is 5. The van der Waals surface area contributed by atoms with Gasteiger partial charge in [-0.2, -0.15) is 0 Å². The van der Waals surface area contributed by atoms with Gasteiger partial charge < -0.3 is 9.64 Å². The molecule has 0 aromatic heterocycles. The van der Waals surface area contributed by atoms with E-state index in [9.17, 15) is 0 Å². The van der Waals surface area contributed by atoms with E-state index >= 15 is 0 Å². The first kappa shape index (κ1) is 31.2. The molecular formula is C50H43NO. The van der Waals surface area contributed by atoms with Gasteiger partial charge in [0.2, 0.25) is 0 Å². The molecular weight excluding hydrogens is 631 g/mol. The van der Waals surface area contributed by atoms with E-state index in [-0.39, 0.29) is 6.10 Å². The number of hydrogen-bond acceptors (Lipinski definition) is 2. The van der Waals surface area contributed by atoms with Crippen molar-refractivity contribution < 1.29 is 4.74 Å². The minimum Gasteiger partial charge on any atom is -0.485 e. The summed E-state index contributed by atoms with van der Waals surface area (Å²) in [6.07, 6.45) is 18.2. The fraction of sp³-hybridized carbons (Fsp3) is 0.200. The van der Waals surface area contributed by atoms with Crippen molar-refractivity contribution >= 4 is 33.8 Å². The van der Waals surface area contributed by atoms with E-state index in [1.54, 1.807) is 5.56 Å². The standard InChI is InChI=1S/C50H43NO/c1-2-14-36(15-3-1)41-21-10-17-37-18-11-22-43(49(37)41)42-19-6-8-23-45(42)51(46-24-12-26-48-50(46)44-20-7-9-25-47(44)52-48)40-31-29-35(30-32-40)39-28-27-34-13-4-5-16-38(34)33-39/h4-13,16-20,22-25,27-33,36,41,48H,1-3,14-15,21,26H2. The highest BCUT2D eigenvalue weighted by Gasteiger charge is 2.36. The molecule has 0 bridgehead atoms. The lowest BCUT2D eigenvalue weighted by molar-refractivity contribution is 0.278. The molecule has 10 rings (SSSR count). The zero-order valence-electron chi connectivity index (χ0n) is 29.5. The largest absolute Gasteiger partial charge is 0.485 e. The Morgan fingerprint density at radius 2 is 1.29 bits per heavy atom. The summed E-state index contributed by atoms with van der Waals surface area (Å²) in [6, 6.07) is 49.2. The van der Waals surface area contributed by atoms with Crippen LogP contribution in [-0.4, -0.2) is 6.10 Å². The molecule has 0 saturated heterocycles. The first-order valence-electron chi connectivity index (χ1n) is 19.3. The van der Waals surface area contributed by atoms with Crippen LogP contribution in [0.2, 0.25) is 0 Å². The van der Waals surface area contributed by atoms with Crippen LogP contribution < -0.4 is 9.64 Å². The second kappa shape index (κ2) is 13.2. The minimum absolute atomic E-state index is 0.00533. The van der Waals surface area contributed by atoms with Crippen LogP contribution in [0, 0.1) is 5.92 Å². The van der Waals surface area contributed by atoms with Gasteiger partial charge >= 0.3 is 0 Å². The predicted octanol–water partition coefficient (Wildman–Crippen LogP) is 13.5. The van der Waals surface area contributed by atoms with Crippen molar-refractivity contribution in [2.75, 3.05) is 4.90 Å². The number of ether oxygens (including phenoxy) is 1. The Hall–Kier alpha value is -5.60. The molecule has 3 aliphatic carbocycles. The van der Waals surface area contributed by atoms with Gasteiger partial charge in [0.05, 0.1) is 11.4 Å². The Labute approximate surface area is 307 Å². The van der Waals surface area contributed by atoms with Gasteiger partial charge in [0.25, 0.3) is 0 Å². The summed E-state index contributed by atoms with van der Waals surface area (Å²) < 4.78 is 6.60. The lowest BCUT2D eigenvalue weighted by atomic mass is 9.70. The molecule has 6 aromatic carbocycles. The zero-order chi connectivity index (χ0) is 34.4. The van der Waals surface area contributed by atoms with Crippen molar-refractivity contribution in [3.63, 3.8) is 0 Å². The Bertz CT molecular complexity index is 2390. The lowest BCUT2D eigenvalue weighted by Gasteiger charge is -2.36. The summed E-state index contributed by atoms with van der Waals surface area (Å²) in [4.78, 5) is 2.51. The average Bonchev–Trinajstić information content (AvgIpc) is 3.61. The molecule has 254 valence electrons. The quantitative estimate of drug-likeness (QED) is 0.174. The third-order valence-corrected chi connectivity index (χ3v) is 12.0. The molecule has 2 unspecified atom stereocenters. The van der Waals surface area contributed by atoms with Crippen molar-refractivity contribution in [3.8, 4) is 28.0 Å². The molecule has 2 nitrogen and oxygen atoms in total. The first-order valence-corrected chi connectivity index (χ1v) is 19.3. The van der Waals surface area contributed by atoms with Crippen LogP contribution >= 0.6 is 0 Å². The maximum absolute atomic E-state index is 6.60. The Balaban J connectivity index is 1.15. The van der Waals surface area contributed by atoms with Crippen molar-refractivity contribution in [2.24, 2.45) is 5.92 Å². The molecule has 1 aliphatic heterocycles. The highest BCUT2D eigenvalue weighted by Crippen LogP contribution is 2.51. The van der Waals surface area contributed by atoms with Gasteiger partial charge in [-0.25, -0.2) is 0 Å². The molecule has 52 heavy (non-hydrogen) atoms. The number of hydrogen-bond donors (Lipinski definition) is 0. The van der Waals surface area contributed by atoms with Crippen molar-refractivity contribution in [1.29, 1.82) is 0 Å². The summed E-state index contributed by atoms with van der Waals surface area (Å²) in [5.74, 6) is 2.27. The van der Waals surface area contributed by atoms with Crippen LogP contribution in [0.25, 0.3) is 44.7 Å². The fourth-order valence-electron chi connectivity index (χ4n) is 9.51. The third-order valence-electron chi connectivity index (χ3n) is 12.0. The van der Waals surface area contributed by atoms with Gasteiger partial charge in [-0.3, -0.25) is 0 Å². The molecule has 0 radical (unpaired) electrons. The second-order valence-corrected chi connectivity index (χ2v) is 15.0. The Morgan fingerprint density at radius 1 is 0.558 bits per heavy atom. The molecule has 0 amide bonds. The smallest absolute Gasteiger partial charge is 0.130 e. The van der Waals surface area contributed by atoms with Gasteiger partial charge in [-0.05, 0) is 106 Å². The van der Waals surface area contributed by atoms with Crippen LogP contribution in [0.4, 0.5) is 11.4 Å². The molecule has 1 fully saturated rings. The van der Waals surface area contributed by atoms with Gasteiger partial charge in [0.15, 0.2) is 0 Å². The topological polar surface area (TPSA) is 12.5 Å². The van der Waals surface area contributed by atoms with E-state index in [0.717, 1.165) is 30.2 Å². The Morgan fingerprint density at radius 3 is 2.17 bits per heavy atom. The molecule has 1 heterocycles. The molecule has 4 aliphatic rings. The summed E-state index contributed by atoms with van der Waals surface area (Å²) in [7, 11) is 0. The predicted molar refractivity (Wildman–Crippen MR) is 218 cm³/mol. The van der Waals surface area contributed by atoms with Crippen molar-refractivity contribution in [3.05, 3.63) is 174 Å². The first-order chi connectivity index (χ1) is 25.8. The number of allylic oxidation sites excluding steroid dienone is 2. The van der Waals surface area contributed by atoms with Gasteiger partial charge in [-0.1, -0.05) is 141 Å². The highest BCUT2D eigenvalue weighted by atomic mass is 16.5. The van der Waals surface area contributed by atoms with Crippen molar-refractivity contribution in [1.82, 2.24) is 0 Å². The second-order valence-electron chi connectivity index (χ2n) is 15.0. The van der Waals surface area contributed by atoms with Crippen LogP contribution in [0.5, 0.6) is 5.75 Å². The van der Waals surface area contributed by atoms with E-state index in [2.05, 4.69) is 163 Å². The van der Waals surface area contributed by atoms with Crippen LogP contribution in [0.3, 0.4) is 0 Å². The third kappa shape index (κ3) is 5.40. The number of anilines is 2. The van der Waals surface area contributed by atoms with Crippen LogP contribution in [0.1, 0.15) is 67.6 Å². The molecule has 0 spiro atoms. The maximum Gasteiger partial charge on any atom is 0.130 e. The van der Waals surface area contributed by atoms with Gasteiger partial charge in [0.1, 0.15) is 11.9 Å². The zero-order valence-corrected chi connectivity index (χ0v) is 29.5. The lowest BCUT2D eigenvalue weighted by Crippen LogP contribution is -2.24. The van der Waals surface area contributed by atoms with E-state index in [1.165, 1.54) is 93.2 Å². The van der Waals surface area contributed by atoms with E-state index in [0.29, 0.717) is 5.92 Å². The normalized spacial score (nSPS) is 19.2. The molecule has 1 saturated carbocycles. The number of rotatable bonds is 6. The summed E-state index contributed by atoms with van der Waals surface area (Å²) in [5.41, 5.74) is 14.0. The van der Waals surface area contributed by atoms with E-state index < -0.39 is 0 Å². The number of benzene rings is 6. The summed E-state index contributed by atoms with van der Waals surface area (Å²) in [5, 5.41) is 2.53. The van der Waals surface area contributed by atoms with E-state index in [1.807, 2.05) is 0 Å².